The summed E-state index contributed by atoms with van der Waals surface area (Å²) in [5, 5.41) is 5.55. The van der Waals surface area contributed by atoms with Crippen molar-refractivity contribution >= 4 is 17.2 Å². The Morgan fingerprint density at radius 2 is 2.44 bits per heavy atom. The molecule has 1 fully saturated rings. The van der Waals surface area contributed by atoms with Gasteiger partial charge in [-0.05, 0) is 37.3 Å². The van der Waals surface area contributed by atoms with E-state index >= 15 is 0 Å². The molecule has 1 N–H and O–H groups in total. The lowest BCUT2D eigenvalue weighted by Crippen LogP contribution is -2.35. The molecule has 1 aromatic heterocycles. The van der Waals surface area contributed by atoms with E-state index in [-0.39, 0.29) is 5.91 Å². The Balaban J connectivity index is 1.70. The normalized spacial score (nSPS) is 19.7. The molecule has 3 nitrogen and oxygen atoms in total. The minimum atomic E-state index is 0.260. The molecule has 18 heavy (non-hydrogen) atoms. The number of nitrogens with zero attached hydrogens (tertiary/aromatic N) is 1. The zero-order chi connectivity index (χ0) is 12.8. The van der Waals surface area contributed by atoms with Crippen molar-refractivity contribution < 1.29 is 4.79 Å². The van der Waals surface area contributed by atoms with Gasteiger partial charge < -0.3 is 10.2 Å². The van der Waals surface area contributed by atoms with Crippen molar-refractivity contribution in [3.05, 3.63) is 22.4 Å². The van der Waals surface area contributed by atoms with Gasteiger partial charge in [0.05, 0.1) is 6.54 Å². The number of hydrogen-bond donors (Lipinski definition) is 1. The van der Waals surface area contributed by atoms with Crippen LogP contribution in [0.4, 0.5) is 0 Å². The standard InChI is InChI=1S/C14H22N2OS/c1-16(11-13-6-4-10-18-13)14(17)8-7-12-5-2-3-9-15-12/h4,6,10,12,15H,2-3,5,7-9,11H2,1H3. The Bertz CT molecular complexity index is 358. The van der Waals surface area contributed by atoms with Gasteiger partial charge in [-0.15, -0.1) is 11.3 Å². The largest absolute Gasteiger partial charge is 0.341 e. The number of rotatable bonds is 5. The summed E-state index contributed by atoms with van der Waals surface area (Å²) in [5.74, 6) is 0.260. The molecule has 0 radical (unpaired) electrons. The van der Waals surface area contributed by atoms with Crippen molar-refractivity contribution in [3.63, 3.8) is 0 Å². The van der Waals surface area contributed by atoms with Crippen LogP contribution in [0, 0.1) is 0 Å². The Hall–Kier alpha value is -0.870. The molecule has 0 saturated carbocycles. The van der Waals surface area contributed by atoms with Gasteiger partial charge in [0, 0.05) is 24.4 Å². The van der Waals surface area contributed by atoms with Gasteiger partial charge in [0.2, 0.25) is 5.91 Å². The van der Waals surface area contributed by atoms with Crippen molar-refractivity contribution in [1.82, 2.24) is 10.2 Å². The van der Waals surface area contributed by atoms with E-state index in [1.54, 1.807) is 11.3 Å². The maximum atomic E-state index is 12.0. The van der Waals surface area contributed by atoms with E-state index in [0.29, 0.717) is 12.5 Å². The average molecular weight is 266 g/mol. The van der Waals surface area contributed by atoms with Crippen LogP contribution in [-0.2, 0) is 11.3 Å². The highest BCUT2D eigenvalue weighted by Gasteiger charge is 2.16. The number of carbonyl (C=O) groups excluding carboxylic acids is 1. The molecule has 0 bridgehead atoms. The minimum Gasteiger partial charge on any atom is -0.341 e. The first-order valence-corrected chi connectivity index (χ1v) is 7.63. The first-order chi connectivity index (χ1) is 8.75. The summed E-state index contributed by atoms with van der Waals surface area (Å²) < 4.78 is 0. The summed E-state index contributed by atoms with van der Waals surface area (Å²) in [5.41, 5.74) is 0. The average Bonchev–Trinajstić information content (AvgIpc) is 2.90. The lowest BCUT2D eigenvalue weighted by atomic mass is 10.0. The predicted octanol–water partition coefficient (Wildman–Crippen LogP) is 2.63. The Morgan fingerprint density at radius 3 is 3.11 bits per heavy atom. The molecule has 1 unspecified atom stereocenters. The first kappa shape index (κ1) is 13.6. The number of amides is 1. The molecule has 1 saturated heterocycles. The van der Waals surface area contributed by atoms with E-state index in [9.17, 15) is 4.79 Å². The first-order valence-electron chi connectivity index (χ1n) is 6.75. The van der Waals surface area contributed by atoms with E-state index in [0.717, 1.165) is 19.5 Å². The molecule has 1 aliphatic heterocycles. The molecule has 0 spiro atoms. The summed E-state index contributed by atoms with van der Waals surface area (Å²) in [6, 6.07) is 4.67. The van der Waals surface area contributed by atoms with Crippen LogP contribution in [-0.4, -0.2) is 30.4 Å². The van der Waals surface area contributed by atoms with Gasteiger partial charge in [0.1, 0.15) is 0 Å². The second-order valence-electron chi connectivity index (χ2n) is 5.01. The van der Waals surface area contributed by atoms with Crippen molar-refractivity contribution in [1.29, 1.82) is 0 Å². The molecule has 4 heteroatoms. The van der Waals surface area contributed by atoms with Crippen LogP contribution in [0.25, 0.3) is 0 Å². The molecule has 100 valence electrons. The third-order valence-electron chi connectivity index (χ3n) is 3.52. The van der Waals surface area contributed by atoms with Crippen LogP contribution in [0.2, 0.25) is 0 Å². The predicted molar refractivity (Wildman–Crippen MR) is 75.7 cm³/mol. The van der Waals surface area contributed by atoms with Crippen molar-refractivity contribution in [2.75, 3.05) is 13.6 Å². The van der Waals surface area contributed by atoms with Crippen molar-refractivity contribution in [2.45, 2.75) is 44.7 Å². The van der Waals surface area contributed by atoms with Gasteiger partial charge >= 0.3 is 0 Å². The molecule has 1 aromatic rings. The molecule has 2 rings (SSSR count). The van der Waals surface area contributed by atoms with Crippen LogP contribution in [0.15, 0.2) is 17.5 Å². The summed E-state index contributed by atoms with van der Waals surface area (Å²) >= 11 is 1.71. The van der Waals surface area contributed by atoms with E-state index in [4.69, 9.17) is 0 Å². The second kappa shape index (κ2) is 6.90. The molecule has 1 aliphatic rings. The van der Waals surface area contributed by atoms with Crippen LogP contribution < -0.4 is 5.32 Å². The van der Waals surface area contributed by atoms with E-state index in [2.05, 4.69) is 16.8 Å². The summed E-state index contributed by atoms with van der Waals surface area (Å²) in [7, 11) is 1.90. The molecule has 0 aromatic carbocycles. The highest BCUT2D eigenvalue weighted by Crippen LogP contribution is 2.14. The topological polar surface area (TPSA) is 32.3 Å². The number of hydrogen-bond acceptors (Lipinski definition) is 3. The Kier molecular flexibility index (Phi) is 5.20. The molecule has 1 atom stereocenters. The van der Waals surface area contributed by atoms with Crippen molar-refractivity contribution in [2.24, 2.45) is 0 Å². The van der Waals surface area contributed by atoms with Gasteiger partial charge in [0.25, 0.3) is 0 Å². The van der Waals surface area contributed by atoms with Gasteiger partial charge in [-0.1, -0.05) is 12.5 Å². The van der Waals surface area contributed by atoms with E-state index < -0.39 is 0 Å². The molecular weight excluding hydrogens is 244 g/mol. The maximum Gasteiger partial charge on any atom is 0.222 e. The smallest absolute Gasteiger partial charge is 0.222 e. The van der Waals surface area contributed by atoms with Gasteiger partial charge in [-0.25, -0.2) is 0 Å². The van der Waals surface area contributed by atoms with Crippen LogP contribution in [0.5, 0.6) is 0 Å². The van der Waals surface area contributed by atoms with Crippen LogP contribution in [0.3, 0.4) is 0 Å². The van der Waals surface area contributed by atoms with E-state index in [1.165, 1.54) is 24.1 Å². The number of nitrogens with one attached hydrogen (secondary N) is 1. The Morgan fingerprint density at radius 1 is 1.56 bits per heavy atom. The van der Waals surface area contributed by atoms with Crippen LogP contribution >= 0.6 is 11.3 Å². The van der Waals surface area contributed by atoms with E-state index in [1.807, 2.05) is 18.0 Å². The highest BCUT2D eigenvalue weighted by molar-refractivity contribution is 7.09. The molecule has 2 heterocycles. The third-order valence-corrected chi connectivity index (χ3v) is 4.38. The fourth-order valence-corrected chi connectivity index (χ4v) is 3.14. The van der Waals surface area contributed by atoms with Gasteiger partial charge in [-0.3, -0.25) is 4.79 Å². The third kappa shape index (κ3) is 4.10. The van der Waals surface area contributed by atoms with Crippen molar-refractivity contribution in [3.8, 4) is 0 Å². The highest BCUT2D eigenvalue weighted by atomic mass is 32.1. The number of carbonyl (C=O) groups is 1. The number of thiophene rings is 1. The molecular formula is C14H22N2OS. The summed E-state index contributed by atoms with van der Waals surface area (Å²) in [4.78, 5) is 15.1. The SMILES string of the molecule is CN(Cc1cccs1)C(=O)CCC1CCCCN1. The van der Waals surface area contributed by atoms with Gasteiger partial charge in [-0.2, -0.15) is 0 Å². The zero-order valence-electron chi connectivity index (χ0n) is 11.0. The van der Waals surface area contributed by atoms with Gasteiger partial charge in [0.15, 0.2) is 0 Å². The second-order valence-corrected chi connectivity index (χ2v) is 6.05. The minimum absolute atomic E-state index is 0.260. The fourth-order valence-electron chi connectivity index (χ4n) is 2.38. The Labute approximate surface area is 113 Å². The lowest BCUT2D eigenvalue weighted by molar-refractivity contribution is -0.130. The maximum absolute atomic E-state index is 12.0. The monoisotopic (exact) mass is 266 g/mol. The summed E-state index contributed by atoms with van der Waals surface area (Å²) in [6.07, 6.45) is 5.45. The quantitative estimate of drug-likeness (QED) is 0.888. The fraction of sp³-hybridized carbons (Fsp3) is 0.643. The number of piperidine rings is 1. The van der Waals surface area contributed by atoms with Crippen LogP contribution in [0.1, 0.15) is 37.0 Å². The molecule has 1 amide bonds. The zero-order valence-corrected chi connectivity index (χ0v) is 11.8. The molecule has 0 aliphatic carbocycles. The summed E-state index contributed by atoms with van der Waals surface area (Å²) in [6.45, 7) is 1.86. The lowest BCUT2D eigenvalue weighted by Gasteiger charge is -2.24.